The Hall–Kier alpha value is -3.18. The molecule has 0 bridgehead atoms. The third-order valence-electron chi connectivity index (χ3n) is 4.31. The number of aryl methyl sites for hydroxylation is 1. The van der Waals surface area contributed by atoms with E-state index in [4.69, 9.17) is 11.6 Å². The van der Waals surface area contributed by atoms with E-state index < -0.39 is 5.78 Å². The smallest absolute Gasteiger partial charge is 0.265 e. The minimum atomic E-state index is -0.428. The quantitative estimate of drug-likeness (QED) is 0.434. The topological polar surface area (TPSA) is 71.7 Å². The standard InChI is InChI=1S/C20H13ClN2O3/c1-11-5-4-7-14-17(11)22-19-15(21)9-12(10-23(19)20(14)26)18(25)13-6-2-3-8-16(13)24/h2-10,24H,1H3. The Morgan fingerprint density at radius 3 is 2.69 bits per heavy atom. The SMILES string of the molecule is Cc1cccc2c(=O)n3cc(C(=O)c4ccccc4O)cc(Cl)c3nc12. The molecule has 0 unspecified atom stereocenters. The van der Waals surface area contributed by atoms with Crippen LogP contribution in [0.1, 0.15) is 21.5 Å². The predicted octanol–water partition coefficient (Wildman–Crippen LogP) is 3.75. The molecule has 0 fully saturated rings. The van der Waals surface area contributed by atoms with E-state index in [9.17, 15) is 14.7 Å². The molecule has 6 heteroatoms. The second kappa shape index (κ2) is 5.97. The third-order valence-corrected chi connectivity index (χ3v) is 4.59. The summed E-state index contributed by atoms with van der Waals surface area (Å²) in [5.41, 5.74) is 1.77. The molecular formula is C20H13ClN2O3. The molecule has 2 aromatic carbocycles. The Balaban J connectivity index is 2.02. The summed E-state index contributed by atoms with van der Waals surface area (Å²) < 4.78 is 1.28. The van der Waals surface area contributed by atoms with Gasteiger partial charge < -0.3 is 5.11 Å². The van der Waals surface area contributed by atoms with Gasteiger partial charge in [-0.05, 0) is 36.8 Å². The lowest BCUT2D eigenvalue weighted by Gasteiger charge is -2.09. The Morgan fingerprint density at radius 1 is 1.15 bits per heavy atom. The summed E-state index contributed by atoms with van der Waals surface area (Å²) in [5.74, 6) is -0.559. The van der Waals surface area contributed by atoms with Crippen molar-refractivity contribution in [1.82, 2.24) is 9.38 Å². The minimum Gasteiger partial charge on any atom is -0.507 e. The fourth-order valence-corrected chi connectivity index (χ4v) is 3.23. The van der Waals surface area contributed by atoms with Crippen LogP contribution in [0.5, 0.6) is 5.75 Å². The van der Waals surface area contributed by atoms with Gasteiger partial charge in [-0.15, -0.1) is 0 Å². The number of carbonyl (C=O) groups excluding carboxylic acids is 1. The molecule has 0 aliphatic rings. The van der Waals surface area contributed by atoms with Crippen molar-refractivity contribution in [2.45, 2.75) is 6.92 Å². The van der Waals surface area contributed by atoms with Crippen molar-refractivity contribution in [2.75, 3.05) is 0 Å². The lowest BCUT2D eigenvalue weighted by Crippen LogP contribution is -2.17. The van der Waals surface area contributed by atoms with Gasteiger partial charge in [-0.1, -0.05) is 35.9 Å². The van der Waals surface area contributed by atoms with Crippen molar-refractivity contribution in [3.8, 4) is 5.75 Å². The first-order chi connectivity index (χ1) is 12.5. The Bertz CT molecular complexity index is 1260. The van der Waals surface area contributed by atoms with Crippen molar-refractivity contribution in [3.63, 3.8) is 0 Å². The van der Waals surface area contributed by atoms with E-state index in [1.54, 1.807) is 24.3 Å². The molecule has 0 atom stereocenters. The van der Waals surface area contributed by atoms with Gasteiger partial charge in [-0.2, -0.15) is 0 Å². The number of phenols is 1. The van der Waals surface area contributed by atoms with E-state index in [0.29, 0.717) is 10.9 Å². The van der Waals surface area contributed by atoms with E-state index in [0.717, 1.165) is 5.56 Å². The molecule has 26 heavy (non-hydrogen) atoms. The molecule has 128 valence electrons. The van der Waals surface area contributed by atoms with Crippen LogP contribution >= 0.6 is 11.6 Å². The molecule has 1 N–H and O–H groups in total. The molecule has 5 nitrogen and oxygen atoms in total. The van der Waals surface area contributed by atoms with Gasteiger partial charge in [0.25, 0.3) is 5.56 Å². The van der Waals surface area contributed by atoms with Crippen LogP contribution < -0.4 is 5.56 Å². The second-order valence-corrected chi connectivity index (χ2v) is 6.41. The number of rotatable bonds is 2. The molecule has 0 aliphatic carbocycles. The monoisotopic (exact) mass is 364 g/mol. The number of para-hydroxylation sites is 2. The number of phenolic OH excluding ortho intramolecular Hbond substituents is 1. The van der Waals surface area contributed by atoms with Gasteiger partial charge in [-0.25, -0.2) is 4.98 Å². The largest absolute Gasteiger partial charge is 0.507 e. The second-order valence-electron chi connectivity index (χ2n) is 6.00. The zero-order valence-electron chi connectivity index (χ0n) is 13.7. The van der Waals surface area contributed by atoms with Crippen LogP contribution in [-0.2, 0) is 0 Å². The third kappa shape index (κ3) is 2.45. The predicted molar refractivity (Wildman–Crippen MR) is 100 cm³/mol. The highest BCUT2D eigenvalue weighted by molar-refractivity contribution is 6.34. The van der Waals surface area contributed by atoms with Crippen LogP contribution in [-0.4, -0.2) is 20.3 Å². The van der Waals surface area contributed by atoms with Crippen molar-refractivity contribution in [1.29, 1.82) is 0 Å². The number of benzene rings is 2. The van der Waals surface area contributed by atoms with E-state index in [2.05, 4.69) is 4.98 Å². The number of hydrogen-bond donors (Lipinski definition) is 1. The van der Waals surface area contributed by atoms with Gasteiger partial charge in [0.1, 0.15) is 5.75 Å². The molecule has 0 radical (unpaired) electrons. The number of halogens is 1. The van der Waals surface area contributed by atoms with Gasteiger partial charge in [0.05, 0.1) is 21.5 Å². The molecule has 4 aromatic rings. The fraction of sp³-hybridized carbons (Fsp3) is 0.0500. The van der Waals surface area contributed by atoms with Crippen molar-refractivity contribution in [2.24, 2.45) is 0 Å². The lowest BCUT2D eigenvalue weighted by atomic mass is 10.0. The van der Waals surface area contributed by atoms with Gasteiger partial charge >= 0.3 is 0 Å². The zero-order chi connectivity index (χ0) is 18.4. The van der Waals surface area contributed by atoms with E-state index in [-0.39, 0.29) is 33.1 Å². The number of nitrogens with zero attached hydrogens (tertiary/aromatic N) is 2. The summed E-state index contributed by atoms with van der Waals surface area (Å²) in [6, 6.07) is 13.0. The van der Waals surface area contributed by atoms with Gasteiger partial charge in [0.15, 0.2) is 11.4 Å². The number of fused-ring (bicyclic) bond motifs is 2. The Kier molecular flexibility index (Phi) is 3.74. The number of carbonyl (C=O) groups is 1. The number of pyridine rings is 1. The van der Waals surface area contributed by atoms with E-state index >= 15 is 0 Å². The normalized spacial score (nSPS) is 11.2. The van der Waals surface area contributed by atoms with Crippen LogP contribution in [0.2, 0.25) is 5.02 Å². The maximum absolute atomic E-state index is 12.9. The summed E-state index contributed by atoms with van der Waals surface area (Å²) in [5, 5.41) is 10.6. The first-order valence-electron chi connectivity index (χ1n) is 7.91. The van der Waals surface area contributed by atoms with Crippen molar-refractivity contribution < 1.29 is 9.90 Å². The van der Waals surface area contributed by atoms with Crippen LogP contribution in [0.15, 0.2) is 59.5 Å². The average Bonchev–Trinajstić information content (AvgIpc) is 2.63. The highest BCUT2D eigenvalue weighted by Gasteiger charge is 2.17. The van der Waals surface area contributed by atoms with Crippen molar-refractivity contribution >= 4 is 33.9 Å². The van der Waals surface area contributed by atoms with E-state index in [1.165, 1.54) is 28.8 Å². The molecule has 0 saturated heterocycles. The molecule has 4 rings (SSSR count). The molecular weight excluding hydrogens is 352 g/mol. The molecule has 0 aliphatic heterocycles. The summed E-state index contributed by atoms with van der Waals surface area (Å²) in [6.45, 7) is 1.87. The van der Waals surface area contributed by atoms with E-state index in [1.807, 2.05) is 13.0 Å². The maximum Gasteiger partial charge on any atom is 0.265 e. The van der Waals surface area contributed by atoms with Gasteiger partial charge in [0.2, 0.25) is 0 Å². The van der Waals surface area contributed by atoms with Gasteiger partial charge in [0, 0.05) is 11.8 Å². The minimum absolute atomic E-state index is 0.131. The summed E-state index contributed by atoms with van der Waals surface area (Å²) in [6.07, 6.45) is 1.41. The highest BCUT2D eigenvalue weighted by atomic mass is 35.5. The number of aromatic nitrogens is 2. The Morgan fingerprint density at radius 2 is 1.92 bits per heavy atom. The average molecular weight is 365 g/mol. The van der Waals surface area contributed by atoms with Gasteiger partial charge in [-0.3, -0.25) is 14.0 Å². The molecule has 0 saturated carbocycles. The maximum atomic E-state index is 12.9. The van der Waals surface area contributed by atoms with Crippen LogP contribution in [0.25, 0.3) is 16.6 Å². The van der Waals surface area contributed by atoms with Crippen LogP contribution in [0, 0.1) is 6.92 Å². The first kappa shape index (κ1) is 16.3. The lowest BCUT2D eigenvalue weighted by molar-refractivity contribution is 0.103. The van der Waals surface area contributed by atoms with Crippen LogP contribution in [0.3, 0.4) is 0 Å². The van der Waals surface area contributed by atoms with Crippen LogP contribution in [0.4, 0.5) is 0 Å². The van der Waals surface area contributed by atoms with Crippen molar-refractivity contribution in [3.05, 3.63) is 86.8 Å². The number of ketones is 1. The summed E-state index contributed by atoms with van der Waals surface area (Å²) in [4.78, 5) is 30.1. The number of aromatic hydroxyl groups is 1. The molecule has 0 spiro atoms. The fourth-order valence-electron chi connectivity index (χ4n) is 2.98. The molecule has 0 amide bonds. The zero-order valence-corrected chi connectivity index (χ0v) is 14.5. The highest BCUT2D eigenvalue weighted by Crippen LogP contribution is 2.24. The first-order valence-corrected chi connectivity index (χ1v) is 8.29. The Labute approximate surface area is 153 Å². The number of hydrogen-bond acceptors (Lipinski definition) is 4. The molecule has 2 aromatic heterocycles. The summed E-state index contributed by atoms with van der Waals surface area (Å²) in [7, 11) is 0. The molecule has 2 heterocycles. The summed E-state index contributed by atoms with van der Waals surface area (Å²) >= 11 is 6.32.